The number of fused-ring (bicyclic) bond motifs is 1. The molecule has 0 saturated carbocycles. The molecule has 0 radical (unpaired) electrons. The first-order chi connectivity index (χ1) is 19.2. The summed E-state index contributed by atoms with van der Waals surface area (Å²) in [5, 5.41) is 3.57. The predicted molar refractivity (Wildman–Crippen MR) is 151 cm³/mol. The third-order valence-electron chi connectivity index (χ3n) is 6.56. The summed E-state index contributed by atoms with van der Waals surface area (Å²) >= 11 is 0. The van der Waals surface area contributed by atoms with Gasteiger partial charge in [0.15, 0.2) is 11.4 Å². The van der Waals surface area contributed by atoms with Gasteiger partial charge < -0.3 is 19.4 Å². The Morgan fingerprint density at radius 1 is 0.923 bits per heavy atom. The van der Waals surface area contributed by atoms with Crippen LogP contribution in [-0.4, -0.2) is 35.6 Å². The number of ether oxygens (including phenoxy) is 2. The molecular weight excluding hydrogens is 490 g/mol. The molecule has 2 heterocycles. The standard InChI is InChI=1S/C32H31N3O4/c36-27-18-19-33-30(31(27)39-22-24-12-4-1-5-13-24)32(37)35-20-10-3-11-21-38-28-17-9-8-16-26(28)29(34-23-35)25-14-6-2-7-15-25/h1-9,11-19,29,34H,10,20-23H2,(H,33,36)/b11-3+. The summed E-state index contributed by atoms with van der Waals surface area (Å²) in [5.41, 5.74) is 2.72. The summed E-state index contributed by atoms with van der Waals surface area (Å²) in [6, 6.07) is 28.7. The van der Waals surface area contributed by atoms with Gasteiger partial charge in [-0.2, -0.15) is 0 Å². The molecule has 4 aromatic rings. The third kappa shape index (κ3) is 6.45. The predicted octanol–water partition coefficient (Wildman–Crippen LogP) is 5.07. The largest absolute Gasteiger partial charge is 0.489 e. The molecule has 0 saturated heterocycles. The topological polar surface area (TPSA) is 83.7 Å². The fourth-order valence-corrected chi connectivity index (χ4v) is 4.57. The Kier molecular flexibility index (Phi) is 8.51. The average Bonchev–Trinajstić information content (AvgIpc) is 2.97. The first-order valence-corrected chi connectivity index (χ1v) is 13.0. The van der Waals surface area contributed by atoms with Crippen LogP contribution in [0.2, 0.25) is 0 Å². The number of para-hydroxylation sites is 1. The zero-order chi connectivity index (χ0) is 26.9. The number of aromatic nitrogens is 1. The van der Waals surface area contributed by atoms with E-state index in [0.717, 1.165) is 22.4 Å². The van der Waals surface area contributed by atoms with Crippen molar-refractivity contribution < 1.29 is 14.3 Å². The Morgan fingerprint density at radius 3 is 2.49 bits per heavy atom. The molecule has 1 amide bonds. The van der Waals surface area contributed by atoms with Crippen LogP contribution in [0.4, 0.5) is 0 Å². The normalized spacial score (nSPS) is 16.6. The molecule has 198 valence electrons. The number of amides is 1. The molecule has 1 aliphatic heterocycles. The summed E-state index contributed by atoms with van der Waals surface area (Å²) in [5.74, 6) is 0.488. The van der Waals surface area contributed by atoms with Crippen molar-refractivity contribution in [3.63, 3.8) is 0 Å². The zero-order valence-corrected chi connectivity index (χ0v) is 21.6. The summed E-state index contributed by atoms with van der Waals surface area (Å²) in [4.78, 5) is 31.3. The number of nitrogens with one attached hydrogen (secondary N) is 2. The maximum absolute atomic E-state index is 13.9. The van der Waals surface area contributed by atoms with Crippen LogP contribution in [0.25, 0.3) is 0 Å². The van der Waals surface area contributed by atoms with E-state index in [0.29, 0.717) is 19.6 Å². The lowest BCUT2D eigenvalue weighted by molar-refractivity contribution is 0.0729. The molecular formula is C32H31N3O4. The van der Waals surface area contributed by atoms with Gasteiger partial charge in [-0.25, -0.2) is 0 Å². The summed E-state index contributed by atoms with van der Waals surface area (Å²) in [6.45, 7) is 1.30. The minimum Gasteiger partial charge on any atom is -0.489 e. The van der Waals surface area contributed by atoms with E-state index in [2.05, 4.69) is 22.4 Å². The Balaban J connectivity index is 1.44. The zero-order valence-electron chi connectivity index (χ0n) is 21.6. The highest BCUT2D eigenvalue weighted by atomic mass is 16.5. The molecule has 1 unspecified atom stereocenters. The van der Waals surface area contributed by atoms with Crippen molar-refractivity contribution in [2.75, 3.05) is 19.8 Å². The second-order valence-electron chi connectivity index (χ2n) is 9.20. The minimum absolute atomic E-state index is 0.0198. The molecule has 2 N–H and O–H groups in total. The van der Waals surface area contributed by atoms with Gasteiger partial charge in [-0.1, -0.05) is 91.0 Å². The van der Waals surface area contributed by atoms with Crippen LogP contribution >= 0.6 is 0 Å². The summed E-state index contributed by atoms with van der Waals surface area (Å²) in [6.07, 6.45) is 6.07. The summed E-state index contributed by atoms with van der Waals surface area (Å²) in [7, 11) is 0. The third-order valence-corrected chi connectivity index (χ3v) is 6.56. The highest BCUT2D eigenvalue weighted by Gasteiger charge is 2.25. The molecule has 0 bridgehead atoms. The van der Waals surface area contributed by atoms with Crippen LogP contribution < -0.4 is 20.2 Å². The number of benzene rings is 3. The highest BCUT2D eigenvalue weighted by molar-refractivity contribution is 5.94. The SMILES string of the molecule is O=C(c1[nH]ccc(=O)c1OCc1ccccc1)N1CC/C=C/COc2ccccc2C(c2ccccc2)NC1. The number of hydrogen-bond acceptors (Lipinski definition) is 5. The lowest BCUT2D eigenvalue weighted by Crippen LogP contribution is -2.42. The smallest absolute Gasteiger partial charge is 0.275 e. The van der Waals surface area contributed by atoms with Gasteiger partial charge in [-0.15, -0.1) is 0 Å². The van der Waals surface area contributed by atoms with E-state index in [1.54, 1.807) is 4.90 Å². The number of nitrogens with zero attached hydrogens (tertiary/aromatic N) is 1. The van der Waals surface area contributed by atoms with Crippen molar-refractivity contribution in [3.05, 3.63) is 142 Å². The van der Waals surface area contributed by atoms with Crippen LogP contribution in [0.15, 0.2) is 114 Å². The first-order valence-electron chi connectivity index (χ1n) is 13.0. The maximum Gasteiger partial charge on any atom is 0.275 e. The second-order valence-corrected chi connectivity index (χ2v) is 9.20. The molecule has 7 heteroatoms. The lowest BCUT2D eigenvalue weighted by Gasteiger charge is -2.28. The van der Waals surface area contributed by atoms with Crippen molar-refractivity contribution >= 4 is 5.91 Å². The van der Waals surface area contributed by atoms with Crippen LogP contribution in [0.3, 0.4) is 0 Å². The van der Waals surface area contributed by atoms with Crippen LogP contribution in [0.1, 0.15) is 39.6 Å². The Hall–Kier alpha value is -4.62. The number of carbonyl (C=O) groups excluding carboxylic acids is 1. The van der Waals surface area contributed by atoms with Gasteiger partial charge in [-0.05, 0) is 23.6 Å². The molecule has 5 rings (SSSR count). The molecule has 0 spiro atoms. The van der Waals surface area contributed by atoms with Crippen molar-refractivity contribution in [2.24, 2.45) is 0 Å². The fraction of sp³-hybridized carbons (Fsp3) is 0.188. The lowest BCUT2D eigenvalue weighted by atomic mass is 9.98. The molecule has 1 atom stereocenters. The monoisotopic (exact) mass is 521 g/mol. The first kappa shape index (κ1) is 26.0. The highest BCUT2D eigenvalue weighted by Crippen LogP contribution is 2.30. The van der Waals surface area contributed by atoms with Gasteiger partial charge in [0, 0.05) is 24.4 Å². The van der Waals surface area contributed by atoms with Crippen LogP contribution in [-0.2, 0) is 6.61 Å². The molecule has 39 heavy (non-hydrogen) atoms. The van der Waals surface area contributed by atoms with Gasteiger partial charge in [0.05, 0.1) is 12.7 Å². The van der Waals surface area contributed by atoms with E-state index in [1.807, 2.05) is 84.9 Å². The maximum atomic E-state index is 13.9. The van der Waals surface area contributed by atoms with Gasteiger partial charge >= 0.3 is 0 Å². The van der Waals surface area contributed by atoms with Crippen molar-refractivity contribution in [2.45, 2.75) is 19.1 Å². The Morgan fingerprint density at radius 2 is 1.67 bits per heavy atom. The van der Waals surface area contributed by atoms with E-state index in [-0.39, 0.29) is 42.1 Å². The van der Waals surface area contributed by atoms with E-state index in [9.17, 15) is 9.59 Å². The van der Waals surface area contributed by atoms with Crippen molar-refractivity contribution in [1.29, 1.82) is 0 Å². The number of carbonyl (C=O) groups is 1. The number of hydrogen-bond donors (Lipinski definition) is 2. The number of aromatic amines is 1. The van der Waals surface area contributed by atoms with E-state index in [4.69, 9.17) is 9.47 Å². The average molecular weight is 522 g/mol. The van der Waals surface area contributed by atoms with Gasteiger partial charge in [-0.3, -0.25) is 14.9 Å². The van der Waals surface area contributed by atoms with E-state index >= 15 is 0 Å². The minimum atomic E-state index is -0.344. The summed E-state index contributed by atoms with van der Waals surface area (Å²) < 4.78 is 12.0. The van der Waals surface area contributed by atoms with Crippen molar-refractivity contribution in [3.8, 4) is 11.5 Å². The number of H-pyrrole nitrogens is 1. The quantitative estimate of drug-likeness (QED) is 0.358. The molecule has 0 aliphatic carbocycles. The number of rotatable bonds is 5. The molecule has 1 aromatic heterocycles. The molecule has 7 nitrogen and oxygen atoms in total. The van der Waals surface area contributed by atoms with E-state index in [1.165, 1.54) is 12.3 Å². The van der Waals surface area contributed by atoms with Gasteiger partial charge in [0.1, 0.15) is 19.0 Å². The molecule has 3 aromatic carbocycles. The Bertz CT molecular complexity index is 1470. The van der Waals surface area contributed by atoms with Gasteiger partial charge in [0.25, 0.3) is 5.91 Å². The van der Waals surface area contributed by atoms with Gasteiger partial charge in [0.2, 0.25) is 5.43 Å². The van der Waals surface area contributed by atoms with E-state index < -0.39 is 0 Å². The second kappa shape index (κ2) is 12.8. The van der Waals surface area contributed by atoms with Crippen LogP contribution in [0.5, 0.6) is 11.5 Å². The van der Waals surface area contributed by atoms with Crippen molar-refractivity contribution in [1.82, 2.24) is 15.2 Å². The number of pyridine rings is 1. The Labute approximate surface area is 227 Å². The molecule has 1 aliphatic rings. The van der Waals surface area contributed by atoms with Crippen LogP contribution in [0, 0.1) is 0 Å². The fourth-order valence-electron chi connectivity index (χ4n) is 4.57. The molecule has 0 fully saturated rings.